The van der Waals surface area contributed by atoms with Crippen LogP contribution in [0.5, 0.6) is 5.75 Å². The van der Waals surface area contributed by atoms with Crippen LogP contribution in [0.25, 0.3) is 0 Å². The molecule has 2 fully saturated rings. The first kappa shape index (κ1) is 22.3. The van der Waals surface area contributed by atoms with Gasteiger partial charge in [-0.3, -0.25) is 0 Å². The van der Waals surface area contributed by atoms with Crippen LogP contribution in [-0.2, 0) is 0 Å². The number of hydrogen-bond donors (Lipinski definition) is 1. The third-order valence-corrected chi connectivity index (χ3v) is 7.27. The molecule has 168 valence electrons. The molecule has 2 aliphatic rings. The molecule has 1 heterocycles. The fourth-order valence-corrected chi connectivity index (χ4v) is 5.16. The number of nitrogens with zero attached hydrogens (tertiary/aromatic N) is 2. The van der Waals surface area contributed by atoms with Gasteiger partial charge < -0.3 is 19.6 Å². The first-order chi connectivity index (χ1) is 15.0. The Balaban J connectivity index is 1.49. The number of benzene rings is 2. The highest BCUT2D eigenvalue weighted by Gasteiger charge is 2.39. The summed E-state index contributed by atoms with van der Waals surface area (Å²) >= 11 is 0. The van der Waals surface area contributed by atoms with E-state index in [0.717, 1.165) is 64.2 Å². The summed E-state index contributed by atoms with van der Waals surface area (Å²) in [5.41, 5.74) is 1.82. The van der Waals surface area contributed by atoms with E-state index in [1.54, 1.807) is 0 Å². The van der Waals surface area contributed by atoms with E-state index in [-0.39, 0.29) is 12.0 Å². The van der Waals surface area contributed by atoms with Gasteiger partial charge in [0.25, 0.3) is 0 Å². The van der Waals surface area contributed by atoms with Crippen molar-refractivity contribution in [2.45, 2.75) is 56.7 Å². The zero-order chi connectivity index (χ0) is 21.7. The summed E-state index contributed by atoms with van der Waals surface area (Å²) in [6.07, 6.45) is 5.34. The predicted octanol–water partition coefficient (Wildman–Crippen LogP) is 4.85. The molecule has 4 heteroatoms. The molecule has 31 heavy (non-hydrogen) atoms. The number of hydrogen-bond acceptors (Lipinski definition) is 4. The second kappa shape index (κ2) is 10.2. The quantitative estimate of drug-likeness (QED) is 0.692. The maximum absolute atomic E-state index is 11.7. The minimum absolute atomic E-state index is 0.00992. The lowest BCUT2D eigenvalue weighted by Crippen LogP contribution is -2.50. The Morgan fingerprint density at radius 2 is 1.52 bits per heavy atom. The van der Waals surface area contributed by atoms with Crippen LogP contribution in [0, 0.1) is 0 Å². The number of aliphatic hydroxyl groups is 1. The van der Waals surface area contributed by atoms with Crippen LogP contribution in [0.4, 0.5) is 0 Å². The van der Waals surface area contributed by atoms with Gasteiger partial charge in [-0.05, 0) is 50.1 Å². The molecule has 0 amide bonds. The van der Waals surface area contributed by atoms with Gasteiger partial charge in [-0.1, -0.05) is 61.7 Å². The maximum Gasteiger partial charge on any atom is 0.121 e. The molecule has 0 radical (unpaired) electrons. The number of rotatable bonds is 7. The van der Waals surface area contributed by atoms with E-state index in [1.807, 2.05) is 18.2 Å². The van der Waals surface area contributed by atoms with Crippen LogP contribution < -0.4 is 4.74 Å². The van der Waals surface area contributed by atoms with Gasteiger partial charge in [0.1, 0.15) is 11.9 Å². The minimum Gasteiger partial charge on any atom is -0.486 e. The lowest BCUT2D eigenvalue weighted by atomic mass is 9.72. The third kappa shape index (κ3) is 5.68. The molecule has 4 nitrogen and oxygen atoms in total. The van der Waals surface area contributed by atoms with Crippen LogP contribution in [0.2, 0.25) is 0 Å². The summed E-state index contributed by atoms with van der Waals surface area (Å²) in [4.78, 5) is 4.93. The van der Waals surface area contributed by atoms with Gasteiger partial charge in [0.05, 0.1) is 5.60 Å². The lowest BCUT2D eigenvalue weighted by molar-refractivity contribution is -0.0337. The molecule has 1 N–H and O–H groups in total. The Morgan fingerprint density at radius 1 is 0.871 bits per heavy atom. The zero-order valence-corrected chi connectivity index (χ0v) is 19.2. The second-order valence-electron chi connectivity index (χ2n) is 9.56. The van der Waals surface area contributed by atoms with Crippen molar-refractivity contribution < 1.29 is 9.84 Å². The monoisotopic (exact) mass is 422 g/mol. The summed E-state index contributed by atoms with van der Waals surface area (Å²) in [6, 6.07) is 18.9. The van der Waals surface area contributed by atoms with Crippen molar-refractivity contribution in [3.63, 3.8) is 0 Å². The normalized spacial score (nSPS) is 22.0. The molecule has 1 saturated carbocycles. The Kier molecular flexibility index (Phi) is 7.31. The lowest BCUT2D eigenvalue weighted by Gasteiger charge is -2.43. The van der Waals surface area contributed by atoms with E-state index in [2.05, 4.69) is 60.2 Å². The minimum atomic E-state index is -0.596. The molecule has 4 rings (SSSR count). The molecule has 0 aromatic heterocycles. The van der Waals surface area contributed by atoms with Gasteiger partial charge in [-0.25, -0.2) is 0 Å². The van der Waals surface area contributed by atoms with Gasteiger partial charge in [-0.2, -0.15) is 0 Å². The molecule has 1 saturated heterocycles. The van der Waals surface area contributed by atoms with Crippen molar-refractivity contribution in [1.82, 2.24) is 9.80 Å². The van der Waals surface area contributed by atoms with E-state index in [4.69, 9.17) is 4.74 Å². The van der Waals surface area contributed by atoms with Crippen LogP contribution in [0.1, 0.15) is 62.2 Å². The van der Waals surface area contributed by atoms with E-state index < -0.39 is 5.60 Å². The zero-order valence-electron chi connectivity index (χ0n) is 19.2. The van der Waals surface area contributed by atoms with Crippen molar-refractivity contribution in [2.75, 3.05) is 39.8 Å². The Morgan fingerprint density at radius 3 is 2.16 bits per heavy atom. The average Bonchev–Trinajstić information content (AvgIpc) is 2.80. The summed E-state index contributed by atoms with van der Waals surface area (Å²) in [6.45, 7) is 7.40. The second-order valence-corrected chi connectivity index (χ2v) is 9.56. The molecule has 2 aromatic carbocycles. The highest BCUT2D eigenvalue weighted by Crippen LogP contribution is 2.41. The van der Waals surface area contributed by atoms with Gasteiger partial charge >= 0.3 is 0 Å². The van der Waals surface area contributed by atoms with Crippen LogP contribution in [0.3, 0.4) is 0 Å². The molecule has 1 aliphatic carbocycles. The summed E-state index contributed by atoms with van der Waals surface area (Å²) < 4.78 is 6.19. The highest BCUT2D eigenvalue weighted by atomic mass is 16.5. The van der Waals surface area contributed by atoms with E-state index in [1.165, 1.54) is 17.5 Å². The first-order valence-electron chi connectivity index (χ1n) is 12.0. The molecule has 2 aromatic rings. The molecule has 0 spiro atoms. The predicted molar refractivity (Wildman–Crippen MR) is 127 cm³/mol. The highest BCUT2D eigenvalue weighted by molar-refractivity contribution is 5.32. The largest absolute Gasteiger partial charge is 0.486 e. The number of piperazine rings is 1. The summed E-state index contributed by atoms with van der Waals surface area (Å²) in [5, 5.41) is 11.7. The number of ether oxygens (including phenoxy) is 1. The fourth-order valence-electron chi connectivity index (χ4n) is 5.16. The van der Waals surface area contributed by atoms with E-state index >= 15 is 0 Å². The SMILES string of the molecule is C[C@H](Oc1ccc(C(CN2CCN(C)CC2)C2(O)CCCCC2)cc1)c1ccccc1. The van der Waals surface area contributed by atoms with E-state index in [9.17, 15) is 5.11 Å². The van der Waals surface area contributed by atoms with Gasteiger partial charge in [0, 0.05) is 38.6 Å². The fraction of sp³-hybridized carbons (Fsp3) is 0.556. The smallest absolute Gasteiger partial charge is 0.121 e. The first-order valence-corrected chi connectivity index (χ1v) is 12.0. The van der Waals surface area contributed by atoms with Crippen molar-refractivity contribution in [1.29, 1.82) is 0 Å². The van der Waals surface area contributed by atoms with Gasteiger partial charge in [0.15, 0.2) is 0 Å². The topological polar surface area (TPSA) is 35.9 Å². The van der Waals surface area contributed by atoms with Crippen LogP contribution in [0.15, 0.2) is 54.6 Å². The van der Waals surface area contributed by atoms with Crippen molar-refractivity contribution in [3.8, 4) is 5.75 Å². The molecule has 0 bridgehead atoms. The summed E-state index contributed by atoms with van der Waals surface area (Å²) in [5.74, 6) is 1.03. The Bertz CT molecular complexity index is 794. The Labute approximate surface area is 187 Å². The molecule has 1 unspecified atom stereocenters. The summed E-state index contributed by atoms with van der Waals surface area (Å²) in [7, 11) is 2.19. The molecule has 1 aliphatic heterocycles. The maximum atomic E-state index is 11.7. The van der Waals surface area contributed by atoms with Crippen molar-refractivity contribution in [2.24, 2.45) is 0 Å². The van der Waals surface area contributed by atoms with Crippen LogP contribution in [-0.4, -0.2) is 60.3 Å². The Hall–Kier alpha value is -1.88. The van der Waals surface area contributed by atoms with Gasteiger partial charge in [-0.15, -0.1) is 0 Å². The standard InChI is InChI=1S/C27H38N2O2/c1-22(23-9-5-3-6-10-23)31-25-13-11-24(12-14-25)26(27(30)15-7-4-8-16-27)21-29-19-17-28(2)18-20-29/h3,5-6,9-14,22,26,30H,4,7-8,15-21H2,1-2H3/t22-,26?/m0/s1. The van der Waals surface area contributed by atoms with Crippen molar-refractivity contribution >= 4 is 0 Å². The van der Waals surface area contributed by atoms with Crippen molar-refractivity contribution in [3.05, 3.63) is 65.7 Å². The van der Waals surface area contributed by atoms with E-state index in [0.29, 0.717) is 0 Å². The molecular formula is C27H38N2O2. The third-order valence-electron chi connectivity index (χ3n) is 7.27. The van der Waals surface area contributed by atoms with Crippen LogP contribution >= 0.6 is 0 Å². The average molecular weight is 423 g/mol. The van der Waals surface area contributed by atoms with Gasteiger partial charge in [0.2, 0.25) is 0 Å². The molecule has 2 atom stereocenters. The number of likely N-dealkylation sites (N-methyl/N-ethyl adjacent to an activating group) is 1. The molecular weight excluding hydrogens is 384 g/mol.